The molecule has 1 N–H and O–H groups in total. The Morgan fingerprint density at radius 1 is 0.900 bits per heavy atom. The summed E-state index contributed by atoms with van der Waals surface area (Å²) >= 11 is 0. The fraction of sp³-hybridized carbons (Fsp3) is 0.308. The van der Waals surface area contributed by atoms with Crippen molar-refractivity contribution in [2.24, 2.45) is 5.92 Å². The minimum Gasteiger partial charge on any atom is -0.391 e. The molecule has 2 atom stereocenters. The van der Waals surface area contributed by atoms with Crippen molar-refractivity contribution in [3.05, 3.63) is 107 Å². The molecule has 0 radical (unpaired) electrons. The molecule has 1 heterocycles. The standard InChI is InChI=1S/C26H28FNO2/c27-24-13-11-20(12-14-24)17-28-16-15-23(25(29)18-28)19-30-26(21-7-3-1-4-8-21)22-9-5-2-6-10-22/h1-14,23,25-26,29H,15-19H2/t23-,25+/m0/s1. The maximum Gasteiger partial charge on any atom is 0.123 e. The van der Waals surface area contributed by atoms with E-state index >= 15 is 0 Å². The summed E-state index contributed by atoms with van der Waals surface area (Å²) in [7, 11) is 0. The van der Waals surface area contributed by atoms with Gasteiger partial charge in [0.15, 0.2) is 0 Å². The number of hydrogen-bond donors (Lipinski definition) is 1. The summed E-state index contributed by atoms with van der Waals surface area (Å²) in [6, 6.07) is 27.0. The van der Waals surface area contributed by atoms with Gasteiger partial charge in [-0.05, 0) is 41.8 Å². The van der Waals surface area contributed by atoms with Crippen molar-refractivity contribution >= 4 is 0 Å². The number of halogens is 1. The van der Waals surface area contributed by atoms with Gasteiger partial charge in [-0.3, -0.25) is 4.90 Å². The van der Waals surface area contributed by atoms with E-state index in [2.05, 4.69) is 29.2 Å². The highest BCUT2D eigenvalue weighted by Gasteiger charge is 2.29. The van der Waals surface area contributed by atoms with Crippen molar-refractivity contribution < 1.29 is 14.2 Å². The van der Waals surface area contributed by atoms with Crippen LogP contribution in [-0.4, -0.2) is 35.8 Å². The fourth-order valence-corrected chi connectivity index (χ4v) is 4.09. The highest BCUT2D eigenvalue weighted by Crippen LogP contribution is 2.28. The van der Waals surface area contributed by atoms with Gasteiger partial charge in [0.25, 0.3) is 0 Å². The lowest BCUT2D eigenvalue weighted by Crippen LogP contribution is -2.45. The molecular weight excluding hydrogens is 377 g/mol. The molecule has 0 spiro atoms. The smallest absolute Gasteiger partial charge is 0.123 e. The first kappa shape index (κ1) is 20.7. The SMILES string of the molecule is O[C@@H]1CN(Cc2ccc(F)cc2)CC[C@H]1COC(c1ccccc1)c1ccccc1. The Balaban J connectivity index is 1.36. The van der Waals surface area contributed by atoms with Gasteiger partial charge < -0.3 is 9.84 Å². The Bertz CT molecular complexity index is 862. The fourth-order valence-electron chi connectivity index (χ4n) is 4.09. The molecule has 1 fully saturated rings. The van der Waals surface area contributed by atoms with Gasteiger partial charge in [-0.25, -0.2) is 4.39 Å². The zero-order chi connectivity index (χ0) is 20.8. The van der Waals surface area contributed by atoms with E-state index in [0.717, 1.165) is 36.2 Å². The first-order valence-corrected chi connectivity index (χ1v) is 10.6. The third-order valence-electron chi connectivity index (χ3n) is 5.81. The number of aliphatic hydroxyl groups excluding tert-OH is 1. The first-order chi connectivity index (χ1) is 14.7. The van der Waals surface area contributed by atoms with E-state index < -0.39 is 6.10 Å². The normalized spacial score (nSPS) is 19.8. The van der Waals surface area contributed by atoms with Crippen LogP contribution in [0.2, 0.25) is 0 Å². The quantitative estimate of drug-likeness (QED) is 0.612. The van der Waals surface area contributed by atoms with E-state index in [1.807, 2.05) is 36.4 Å². The highest BCUT2D eigenvalue weighted by atomic mass is 19.1. The van der Waals surface area contributed by atoms with Crippen LogP contribution in [0.15, 0.2) is 84.9 Å². The molecule has 156 valence electrons. The summed E-state index contributed by atoms with van der Waals surface area (Å²) in [5.74, 6) is -0.120. The van der Waals surface area contributed by atoms with Gasteiger partial charge in [0.2, 0.25) is 0 Å². The molecule has 0 saturated carbocycles. The maximum absolute atomic E-state index is 13.1. The van der Waals surface area contributed by atoms with Crippen LogP contribution in [0, 0.1) is 11.7 Å². The van der Waals surface area contributed by atoms with Gasteiger partial charge in [-0.15, -0.1) is 0 Å². The first-order valence-electron chi connectivity index (χ1n) is 10.6. The van der Waals surface area contributed by atoms with Crippen molar-refractivity contribution in [2.75, 3.05) is 19.7 Å². The molecule has 0 unspecified atom stereocenters. The zero-order valence-electron chi connectivity index (χ0n) is 17.0. The lowest BCUT2D eigenvalue weighted by atomic mass is 9.94. The molecule has 3 nitrogen and oxygen atoms in total. The highest BCUT2D eigenvalue weighted by molar-refractivity contribution is 5.29. The Labute approximate surface area is 177 Å². The number of piperidine rings is 1. The summed E-state index contributed by atoms with van der Waals surface area (Å²) in [6.07, 6.45) is 0.293. The minimum atomic E-state index is -0.439. The number of aliphatic hydroxyl groups is 1. The Morgan fingerprint density at radius 2 is 1.50 bits per heavy atom. The van der Waals surface area contributed by atoms with Crippen molar-refractivity contribution in [1.82, 2.24) is 4.90 Å². The van der Waals surface area contributed by atoms with Crippen molar-refractivity contribution in [2.45, 2.75) is 25.2 Å². The van der Waals surface area contributed by atoms with Gasteiger partial charge in [-0.2, -0.15) is 0 Å². The summed E-state index contributed by atoms with van der Waals surface area (Å²) in [5.41, 5.74) is 3.30. The second-order valence-corrected chi connectivity index (χ2v) is 8.01. The van der Waals surface area contributed by atoms with Gasteiger partial charge in [0.1, 0.15) is 11.9 Å². The summed E-state index contributed by atoms with van der Waals surface area (Å²) in [5, 5.41) is 10.7. The number of β-amino-alcohol motifs (C(OH)–C–C–N with tert-alkyl or cyclic N) is 1. The number of likely N-dealkylation sites (tertiary alicyclic amines) is 1. The van der Waals surface area contributed by atoms with E-state index in [1.165, 1.54) is 12.1 Å². The molecule has 4 heteroatoms. The van der Waals surface area contributed by atoms with Crippen molar-refractivity contribution in [3.63, 3.8) is 0 Å². The molecule has 0 amide bonds. The topological polar surface area (TPSA) is 32.7 Å². The second-order valence-electron chi connectivity index (χ2n) is 8.01. The largest absolute Gasteiger partial charge is 0.391 e. The van der Waals surface area contributed by atoms with Crippen LogP contribution in [0.25, 0.3) is 0 Å². The van der Waals surface area contributed by atoms with Crippen molar-refractivity contribution in [3.8, 4) is 0 Å². The lowest BCUT2D eigenvalue weighted by Gasteiger charge is -2.36. The monoisotopic (exact) mass is 405 g/mol. The lowest BCUT2D eigenvalue weighted by molar-refractivity contribution is -0.0382. The number of rotatable bonds is 7. The molecule has 3 aromatic carbocycles. The molecular formula is C26H28FNO2. The number of nitrogens with zero attached hydrogens (tertiary/aromatic N) is 1. The molecule has 0 bridgehead atoms. The van der Waals surface area contributed by atoms with Crippen LogP contribution in [-0.2, 0) is 11.3 Å². The van der Waals surface area contributed by atoms with Crippen LogP contribution < -0.4 is 0 Å². The van der Waals surface area contributed by atoms with Crippen LogP contribution >= 0.6 is 0 Å². The van der Waals surface area contributed by atoms with Gasteiger partial charge in [-0.1, -0.05) is 72.8 Å². The average molecular weight is 406 g/mol. The van der Waals surface area contributed by atoms with Gasteiger partial charge in [0, 0.05) is 19.0 Å². The number of hydrogen-bond acceptors (Lipinski definition) is 3. The van der Waals surface area contributed by atoms with E-state index in [-0.39, 0.29) is 17.8 Å². The van der Waals surface area contributed by atoms with E-state index in [0.29, 0.717) is 13.2 Å². The van der Waals surface area contributed by atoms with Gasteiger partial charge >= 0.3 is 0 Å². The van der Waals surface area contributed by atoms with E-state index in [1.54, 1.807) is 12.1 Å². The molecule has 3 aromatic rings. The molecule has 1 saturated heterocycles. The summed E-state index contributed by atoms with van der Waals surface area (Å²) in [6.45, 7) is 2.73. The van der Waals surface area contributed by atoms with Crippen LogP contribution in [0.4, 0.5) is 4.39 Å². The second kappa shape index (κ2) is 9.98. The molecule has 30 heavy (non-hydrogen) atoms. The molecule has 1 aliphatic heterocycles. The Morgan fingerprint density at radius 3 is 2.07 bits per heavy atom. The predicted molar refractivity (Wildman–Crippen MR) is 116 cm³/mol. The third kappa shape index (κ3) is 5.33. The van der Waals surface area contributed by atoms with Crippen LogP contribution in [0.1, 0.15) is 29.2 Å². The van der Waals surface area contributed by atoms with Crippen LogP contribution in [0.3, 0.4) is 0 Å². The number of benzene rings is 3. The predicted octanol–water partition coefficient (Wildman–Crippen LogP) is 4.81. The minimum absolute atomic E-state index is 0.101. The number of ether oxygens (including phenoxy) is 1. The molecule has 4 rings (SSSR count). The van der Waals surface area contributed by atoms with E-state index in [9.17, 15) is 9.50 Å². The van der Waals surface area contributed by atoms with E-state index in [4.69, 9.17) is 4.74 Å². The molecule has 0 aromatic heterocycles. The Hall–Kier alpha value is -2.53. The van der Waals surface area contributed by atoms with Crippen molar-refractivity contribution in [1.29, 1.82) is 0 Å². The summed E-state index contributed by atoms with van der Waals surface area (Å²) < 4.78 is 19.5. The molecule has 1 aliphatic rings. The third-order valence-corrected chi connectivity index (χ3v) is 5.81. The van der Waals surface area contributed by atoms with Gasteiger partial charge in [0.05, 0.1) is 12.7 Å². The maximum atomic E-state index is 13.1. The summed E-state index contributed by atoms with van der Waals surface area (Å²) in [4.78, 5) is 2.22. The Kier molecular flexibility index (Phi) is 6.90. The average Bonchev–Trinajstić information content (AvgIpc) is 2.78. The molecule has 0 aliphatic carbocycles. The zero-order valence-corrected chi connectivity index (χ0v) is 17.0. The van der Waals surface area contributed by atoms with Crippen LogP contribution in [0.5, 0.6) is 0 Å².